The van der Waals surface area contributed by atoms with Crippen LogP contribution in [-0.2, 0) is 16.0 Å². The zero-order valence-electron chi connectivity index (χ0n) is 19.9. The first-order valence-corrected chi connectivity index (χ1v) is 12.2. The number of hydrogen-bond acceptors (Lipinski definition) is 8. The smallest absolute Gasteiger partial charge is 0.301 e. The molecule has 0 saturated carbocycles. The average molecular weight is 516 g/mol. The molecule has 4 aromatic rings. The van der Waals surface area contributed by atoms with E-state index in [9.17, 15) is 24.8 Å². The number of nitrogens with zero attached hydrogens (tertiary/aromatic N) is 3. The molecule has 0 aliphatic carbocycles. The molecule has 1 atom stereocenters. The second-order valence-corrected chi connectivity index (χ2v) is 9.41. The number of anilines is 1. The number of rotatable bonds is 6. The number of aryl methyl sites for hydroxylation is 1. The van der Waals surface area contributed by atoms with Gasteiger partial charge in [-0.2, -0.15) is 0 Å². The van der Waals surface area contributed by atoms with Crippen molar-refractivity contribution in [1.82, 2.24) is 4.98 Å². The van der Waals surface area contributed by atoms with Gasteiger partial charge in [-0.05, 0) is 53.9 Å². The number of hydrogen-bond donors (Lipinski definition) is 1. The minimum atomic E-state index is -1.12. The van der Waals surface area contributed by atoms with Crippen LogP contribution in [0.25, 0.3) is 16.0 Å². The first-order chi connectivity index (χ1) is 17.8. The summed E-state index contributed by atoms with van der Waals surface area (Å²) in [6.07, 6.45) is 0.823. The fourth-order valence-electron chi connectivity index (χ4n) is 4.34. The van der Waals surface area contributed by atoms with E-state index in [1.807, 2.05) is 25.1 Å². The monoisotopic (exact) mass is 515 g/mol. The van der Waals surface area contributed by atoms with Gasteiger partial charge in [-0.25, -0.2) is 4.98 Å². The number of methoxy groups -OCH3 is 1. The summed E-state index contributed by atoms with van der Waals surface area (Å²) in [6.45, 7) is 2.03. The van der Waals surface area contributed by atoms with Crippen LogP contribution < -0.4 is 9.64 Å². The van der Waals surface area contributed by atoms with E-state index in [1.165, 1.54) is 41.5 Å². The summed E-state index contributed by atoms with van der Waals surface area (Å²) in [7, 11) is 1.50. The number of ether oxygens (including phenoxy) is 1. The highest BCUT2D eigenvalue weighted by atomic mass is 32.1. The number of aromatic nitrogens is 1. The molecule has 1 aromatic heterocycles. The van der Waals surface area contributed by atoms with Gasteiger partial charge in [0.05, 0.1) is 33.9 Å². The molecule has 1 aliphatic rings. The van der Waals surface area contributed by atoms with Crippen molar-refractivity contribution in [2.24, 2.45) is 0 Å². The van der Waals surface area contributed by atoms with Crippen LogP contribution in [0.4, 0.5) is 10.8 Å². The van der Waals surface area contributed by atoms with Crippen molar-refractivity contribution in [3.05, 3.63) is 99.1 Å². The highest BCUT2D eigenvalue weighted by Gasteiger charge is 2.48. The van der Waals surface area contributed by atoms with Crippen LogP contribution in [0.5, 0.6) is 5.75 Å². The van der Waals surface area contributed by atoms with Gasteiger partial charge in [-0.3, -0.25) is 24.6 Å². The van der Waals surface area contributed by atoms with Gasteiger partial charge in [-0.15, -0.1) is 0 Å². The molecule has 10 heteroatoms. The van der Waals surface area contributed by atoms with Crippen LogP contribution in [0.1, 0.15) is 29.7 Å². The molecule has 9 nitrogen and oxygen atoms in total. The number of carbonyl (C=O) groups excluding carboxylic acids is 2. The summed E-state index contributed by atoms with van der Waals surface area (Å²) < 4.78 is 6.00. The second-order valence-electron chi connectivity index (χ2n) is 8.40. The van der Waals surface area contributed by atoms with E-state index >= 15 is 0 Å². The molecule has 186 valence electrons. The summed E-state index contributed by atoms with van der Waals surface area (Å²) in [5.74, 6) is -1.62. The molecule has 0 unspecified atom stereocenters. The number of carbonyl (C=O) groups is 2. The van der Waals surface area contributed by atoms with Gasteiger partial charge in [0.1, 0.15) is 11.5 Å². The predicted molar refractivity (Wildman–Crippen MR) is 140 cm³/mol. The van der Waals surface area contributed by atoms with Gasteiger partial charge in [-0.1, -0.05) is 36.5 Å². The Morgan fingerprint density at radius 1 is 1.14 bits per heavy atom. The molecule has 0 bridgehead atoms. The Balaban J connectivity index is 1.72. The molecular formula is C27H21N3O6S. The predicted octanol–water partition coefficient (Wildman–Crippen LogP) is 5.40. The number of non-ortho nitro benzene ring substituents is 1. The Hall–Kier alpha value is -4.57. The maximum atomic E-state index is 13.4. The van der Waals surface area contributed by atoms with Crippen LogP contribution in [0.2, 0.25) is 0 Å². The van der Waals surface area contributed by atoms with E-state index in [0.29, 0.717) is 22.4 Å². The molecule has 0 spiro atoms. The normalized spacial score (nSPS) is 16.9. The van der Waals surface area contributed by atoms with E-state index in [2.05, 4.69) is 4.98 Å². The standard InChI is InChI=1S/C27H21N3O6S/c1-3-15-7-12-20-21(13-15)37-27(28-20)29-23(17-5-4-6-18(14-17)30(34)35)22(25(32)26(29)33)24(31)16-8-10-19(36-2)11-9-16/h4-14,23,31H,3H2,1-2H3/b24-22+/t23-/m0/s1. The third-order valence-electron chi connectivity index (χ3n) is 6.26. The van der Waals surface area contributed by atoms with E-state index in [-0.39, 0.29) is 16.4 Å². The Bertz CT molecular complexity index is 1590. The van der Waals surface area contributed by atoms with Crippen molar-refractivity contribution in [2.75, 3.05) is 12.0 Å². The van der Waals surface area contributed by atoms with Crippen molar-refractivity contribution in [3.8, 4) is 5.75 Å². The van der Waals surface area contributed by atoms with Crippen molar-refractivity contribution in [1.29, 1.82) is 0 Å². The molecule has 1 aliphatic heterocycles. The van der Waals surface area contributed by atoms with Gasteiger partial charge in [0.25, 0.3) is 11.5 Å². The number of aliphatic hydroxyl groups excluding tert-OH is 1. The zero-order chi connectivity index (χ0) is 26.3. The van der Waals surface area contributed by atoms with Gasteiger partial charge < -0.3 is 9.84 Å². The van der Waals surface area contributed by atoms with Crippen LogP contribution in [0.3, 0.4) is 0 Å². The first-order valence-electron chi connectivity index (χ1n) is 11.4. The maximum absolute atomic E-state index is 13.4. The van der Waals surface area contributed by atoms with Gasteiger partial charge in [0.2, 0.25) is 0 Å². The van der Waals surface area contributed by atoms with Crippen molar-refractivity contribution < 1.29 is 24.4 Å². The molecule has 0 radical (unpaired) electrons. The number of amides is 1. The quantitative estimate of drug-likeness (QED) is 0.120. The SMILES string of the molecule is CCc1ccc2nc(N3C(=O)C(=O)/C(=C(/O)c4ccc(OC)cc4)[C@@H]3c3cccc([N+](=O)[O-])c3)sc2c1. The summed E-state index contributed by atoms with van der Waals surface area (Å²) in [5.41, 5.74) is 1.98. The molecule has 5 rings (SSSR count). The summed E-state index contributed by atoms with van der Waals surface area (Å²) in [6, 6.07) is 16.7. The molecule has 37 heavy (non-hydrogen) atoms. The summed E-state index contributed by atoms with van der Waals surface area (Å²) in [4.78, 5) is 43.5. The molecule has 1 fully saturated rings. The number of nitro benzene ring substituents is 1. The summed E-state index contributed by atoms with van der Waals surface area (Å²) in [5, 5.41) is 23.0. The fourth-order valence-corrected chi connectivity index (χ4v) is 5.39. The van der Waals surface area contributed by atoms with Crippen LogP contribution in [0.15, 0.2) is 72.3 Å². The van der Waals surface area contributed by atoms with Gasteiger partial charge >= 0.3 is 5.91 Å². The lowest BCUT2D eigenvalue weighted by molar-refractivity contribution is -0.384. The Morgan fingerprint density at radius 3 is 2.57 bits per heavy atom. The Kier molecular flexibility index (Phi) is 6.18. The number of fused-ring (bicyclic) bond motifs is 1. The number of ketones is 1. The molecule has 1 saturated heterocycles. The number of nitro groups is 1. The second kappa shape index (κ2) is 9.47. The number of benzene rings is 3. The zero-order valence-corrected chi connectivity index (χ0v) is 20.7. The number of aliphatic hydroxyl groups is 1. The summed E-state index contributed by atoms with van der Waals surface area (Å²) >= 11 is 1.24. The Morgan fingerprint density at radius 2 is 1.89 bits per heavy atom. The Labute approximate surface area is 215 Å². The molecule has 1 N–H and O–H groups in total. The minimum absolute atomic E-state index is 0.177. The lowest BCUT2D eigenvalue weighted by atomic mass is 9.95. The molecule has 2 heterocycles. The maximum Gasteiger partial charge on any atom is 0.301 e. The minimum Gasteiger partial charge on any atom is -0.507 e. The largest absolute Gasteiger partial charge is 0.507 e. The third kappa shape index (κ3) is 4.21. The van der Waals surface area contributed by atoms with Crippen LogP contribution >= 0.6 is 11.3 Å². The third-order valence-corrected chi connectivity index (χ3v) is 7.28. The van der Waals surface area contributed by atoms with Crippen molar-refractivity contribution >= 4 is 49.8 Å². The fraction of sp³-hybridized carbons (Fsp3) is 0.148. The lowest BCUT2D eigenvalue weighted by Gasteiger charge is -2.22. The van der Waals surface area contributed by atoms with Crippen LogP contribution in [-0.4, -0.2) is 33.8 Å². The molecular weight excluding hydrogens is 494 g/mol. The molecule has 1 amide bonds. The highest BCUT2D eigenvalue weighted by Crippen LogP contribution is 2.45. The topological polar surface area (TPSA) is 123 Å². The van der Waals surface area contributed by atoms with Crippen LogP contribution in [0, 0.1) is 10.1 Å². The van der Waals surface area contributed by atoms with Gasteiger partial charge in [0.15, 0.2) is 5.13 Å². The van der Waals surface area contributed by atoms with E-state index in [1.54, 1.807) is 30.3 Å². The first kappa shape index (κ1) is 24.1. The van der Waals surface area contributed by atoms with Crippen molar-refractivity contribution in [2.45, 2.75) is 19.4 Å². The number of Topliss-reactive ketones (excluding diaryl/α,β-unsaturated/α-hetero) is 1. The van der Waals surface area contributed by atoms with E-state index < -0.39 is 28.4 Å². The average Bonchev–Trinajstić information content (AvgIpc) is 3.45. The highest BCUT2D eigenvalue weighted by molar-refractivity contribution is 7.22. The van der Waals surface area contributed by atoms with E-state index in [4.69, 9.17) is 4.74 Å². The number of thiazole rings is 1. The van der Waals surface area contributed by atoms with Crippen molar-refractivity contribution in [3.63, 3.8) is 0 Å². The van der Waals surface area contributed by atoms with E-state index in [0.717, 1.165) is 16.7 Å². The van der Waals surface area contributed by atoms with Gasteiger partial charge in [0, 0.05) is 17.7 Å². The lowest BCUT2D eigenvalue weighted by Crippen LogP contribution is -2.29. The molecule has 3 aromatic carbocycles.